The smallest absolute Gasteiger partial charge is 0.310 e. The van der Waals surface area contributed by atoms with E-state index in [0.717, 1.165) is 6.07 Å². The molecule has 1 N–H and O–H groups in total. The Kier molecular flexibility index (Phi) is 4.89. The summed E-state index contributed by atoms with van der Waals surface area (Å²) in [6.45, 7) is 5.91. The van der Waals surface area contributed by atoms with Crippen LogP contribution >= 0.6 is 10.2 Å². The fourth-order valence-electron chi connectivity index (χ4n) is 3.91. The van der Waals surface area contributed by atoms with Crippen molar-refractivity contribution in [2.75, 3.05) is 18.5 Å². The molecule has 4 rings (SSSR count). The second-order valence-electron chi connectivity index (χ2n) is 8.61. The number of aromatic nitrogens is 3. The topological polar surface area (TPSA) is 69.0 Å². The molecule has 1 saturated heterocycles. The van der Waals surface area contributed by atoms with E-state index in [1.165, 1.54) is 19.1 Å². The lowest BCUT2D eigenvalue weighted by Crippen LogP contribution is -2.38. The Morgan fingerprint density at radius 1 is 1.18 bits per heavy atom. The lowest BCUT2D eigenvalue weighted by atomic mass is 10.0. The quantitative estimate of drug-likeness (QED) is 0.440. The molecule has 3 aromatic rings. The van der Waals surface area contributed by atoms with E-state index >= 15 is 0 Å². The fourth-order valence-corrected chi connectivity index (χ4v) is 4.60. The zero-order valence-electron chi connectivity index (χ0n) is 18.1. The number of hydrogen-bond donors (Lipinski definition) is 1. The average Bonchev–Trinajstić information content (AvgIpc) is 3.13. The molecule has 2 aromatic heterocycles. The van der Waals surface area contributed by atoms with Gasteiger partial charge in [-0.1, -0.05) is 31.6 Å². The number of aryl methyl sites for hydroxylation is 1. The molecule has 0 bridgehead atoms. The van der Waals surface area contributed by atoms with Crippen molar-refractivity contribution < 1.29 is 24.2 Å². The van der Waals surface area contributed by atoms with Crippen molar-refractivity contribution in [1.29, 1.82) is 0 Å². The lowest BCUT2D eigenvalue weighted by molar-refractivity contribution is 0.160. The number of ether oxygens (including phenoxy) is 1. The highest BCUT2D eigenvalue weighted by molar-refractivity contribution is 8.45. The van der Waals surface area contributed by atoms with Gasteiger partial charge < -0.3 is 14.6 Å². The first kappa shape index (κ1) is 23.4. The van der Waals surface area contributed by atoms with E-state index in [1.54, 1.807) is 17.7 Å². The molecule has 0 amide bonds. The summed E-state index contributed by atoms with van der Waals surface area (Å²) >= 11 is 0. The van der Waals surface area contributed by atoms with Crippen molar-refractivity contribution in [3.8, 4) is 0 Å². The van der Waals surface area contributed by atoms with Crippen LogP contribution in [0, 0.1) is 6.92 Å². The van der Waals surface area contributed by atoms with Crippen molar-refractivity contribution in [2.45, 2.75) is 43.7 Å². The van der Waals surface area contributed by atoms with Gasteiger partial charge in [-0.25, -0.2) is 9.97 Å². The maximum atomic E-state index is 13.3. The minimum Gasteiger partial charge on any atom is -0.379 e. The molecule has 1 aliphatic heterocycles. The first-order valence-corrected chi connectivity index (χ1v) is 12.1. The maximum absolute atomic E-state index is 13.3. The van der Waals surface area contributed by atoms with Crippen molar-refractivity contribution in [3.05, 3.63) is 58.3 Å². The van der Waals surface area contributed by atoms with Crippen LogP contribution in [0.15, 0.2) is 46.2 Å². The van der Waals surface area contributed by atoms with Gasteiger partial charge in [0.05, 0.1) is 29.1 Å². The van der Waals surface area contributed by atoms with E-state index < -0.39 is 26.7 Å². The summed E-state index contributed by atoms with van der Waals surface area (Å²) in [5.41, 5.74) is -0.456. The molecule has 0 spiro atoms. The molecule has 2 atom stereocenters. The third-order valence-corrected chi connectivity index (χ3v) is 6.92. The van der Waals surface area contributed by atoms with Crippen LogP contribution in [0.1, 0.15) is 37.7 Å². The maximum Gasteiger partial charge on any atom is 0.310 e. The van der Waals surface area contributed by atoms with Gasteiger partial charge in [-0.3, -0.25) is 4.79 Å². The molecule has 12 heteroatoms. The van der Waals surface area contributed by atoms with Crippen LogP contribution in [0.3, 0.4) is 0 Å². The van der Waals surface area contributed by atoms with Gasteiger partial charge in [0.1, 0.15) is 16.5 Å². The van der Waals surface area contributed by atoms with Gasteiger partial charge in [0.25, 0.3) is 5.56 Å². The number of hydrogen-bond acceptors (Lipinski definition) is 5. The van der Waals surface area contributed by atoms with Gasteiger partial charge >= 0.3 is 10.2 Å². The van der Waals surface area contributed by atoms with Gasteiger partial charge in [-0.05, 0) is 44.9 Å². The monoisotopic (exact) mass is 490 g/mol. The van der Waals surface area contributed by atoms with Gasteiger partial charge in [-0.15, -0.1) is 0 Å². The largest absolute Gasteiger partial charge is 0.379 e. The Hall–Kier alpha value is -2.73. The number of halogens is 5. The molecule has 33 heavy (non-hydrogen) atoms. The molecule has 180 valence electrons. The molecule has 0 saturated carbocycles. The lowest BCUT2D eigenvalue weighted by Gasteiger charge is -2.40. The summed E-state index contributed by atoms with van der Waals surface area (Å²) < 4.78 is 73.3. The van der Waals surface area contributed by atoms with E-state index in [4.69, 9.17) is 4.74 Å². The van der Waals surface area contributed by atoms with Crippen LogP contribution < -0.4 is 10.9 Å². The van der Waals surface area contributed by atoms with E-state index in [2.05, 4.69) is 15.3 Å². The average molecular weight is 490 g/mol. The summed E-state index contributed by atoms with van der Waals surface area (Å²) in [5, 5.41) is 3.47. The number of nitrogens with one attached hydrogen (secondary N) is 1. The van der Waals surface area contributed by atoms with Crippen molar-refractivity contribution >= 4 is 26.9 Å². The second-order valence-corrected chi connectivity index (χ2v) is 11.0. The number of pyridine rings is 1. The summed E-state index contributed by atoms with van der Waals surface area (Å²) in [7, 11) is -9.81. The highest BCUT2D eigenvalue weighted by Gasteiger charge is 2.65. The van der Waals surface area contributed by atoms with E-state index in [-0.39, 0.29) is 16.9 Å². The van der Waals surface area contributed by atoms with Crippen LogP contribution in [0.4, 0.5) is 25.2 Å². The zero-order chi connectivity index (χ0) is 24.3. The van der Waals surface area contributed by atoms with Crippen LogP contribution in [0.25, 0.3) is 10.9 Å². The van der Waals surface area contributed by atoms with Crippen LogP contribution in [0.5, 0.6) is 0 Å². The molecule has 0 radical (unpaired) electrons. The van der Waals surface area contributed by atoms with Crippen LogP contribution in [0.2, 0.25) is 0 Å². The Bertz CT molecular complexity index is 1310. The summed E-state index contributed by atoms with van der Waals surface area (Å²) in [6.07, 6.45) is 2.23. The summed E-state index contributed by atoms with van der Waals surface area (Å²) in [4.78, 5) is 19.4. The molecule has 0 aliphatic carbocycles. The minimum atomic E-state index is -9.81. The van der Waals surface area contributed by atoms with Gasteiger partial charge in [-0.2, -0.15) is 0 Å². The molecule has 2 unspecified atom stereocenters. The fraction of sp³-hybridized carbons (Fsp3) is 0.381. The Balaban J connectivity index is 1.77. The molecule has 3 heterocycles. The molecule has 1 fully saturated rings. The highest BCUT2D eigenvalue weighted by Crippen LogP contribution is 3.02. The van der Waals surface area contributed by atoms with Gasteiger partial charge in [0.2, 0.25) is 0 Å². The molecule has 1 aromatic carbocycles. The van der Waals surface area contributed by atoms with Crippen LogP contribution in [-0.2, 0) is 10.3 Å². The molecular formula is C21H23F5N4O2S. The number of rotatable bonds is 5. The van der Waals surface area contributed by atoms with Crippen molar-refractivity contribution in [2.24, 2.45) is 0 Å². The summed E-state index contributed by atoms with van der Waals surface area (Å²) in [6, 6.07) is 3.66. The molecule has 1 aliphatic rings. The van der Waals surface area contributed by atoms with Crippen LogP contribution in [-0.4, -0.2) is 27.7 Å². The third-order valence-electron chi connectivity index (χ3n) is 5.78. The highest BCUT2D eigenvalue weighted by atomic mass is 32.5. The third kappa shape index (κ3) is 4.67. The zero-order valence-corrected chi connectivity index (χ0v) is 18.9. The number of benzene rings is 1. The predicted molar refractivity (Wildman–Crippen MR) is 117 cm³/mol. The number of nitrogens with zero attached hydrogens (tertiary/aromatic N) is 3. The minimum absolute atomic E-state index is 0.00893. The Morgan fingerprint density at radius 3 is 2.55 bits per heavy atom. The first-order chi connectivity index (χ1) is 15.1. The molecular weight excluding hydrogens is 467 g/mol. The van der Waals surface area contributed by atoms with E-state index in [0.29, 0.717) is 48.5 Å². The van der Waals surface area contributed by atoms with Crippen molar-refractivity contribution in [3.63, 3.8) is 0 Å². The van der Waals surface area contributed by atoms with Crippen molar-refractivity contribution in [1.82, 2.24) is 14.5 Å². The Labute approximate surface area is 186 Å². The second kappa shape index (κ2) is 6.89. The first-order valence-electron chi connectivity index (χ1n) is 10.2. The normalized spacial score (nSPS) is 22.1. The van der Waals surface area contributed by atoms with Gasteiger partial charge in [0.15, 0.2) is 0 Å². The van der Waals surface area contributed by atoms with E-state index in [9.17, 15) is 24.2 Å². The Morgan fingerprint density at radius 2 is 1.91 bits per heavy atom. The predicted octanol–water partition coefficient (Wildman–Crippen LogP) is 6.07. The SMILES string of the molecule is Cc1nc(NC(C)c2cccc(S(F)(F)(F)(F)F)c2)c2cn(C3(C)CCOC3)c(=O)cc2n1. The standard InChI is InChI=1S/C21H23F5N4O2S/c1-13(15-5-4-6-16(9-15)33(22,23,24,25)26)27-20-17-11-30(21(3)7-8-32-12-21)19(31)10-18(17)28-14(2)29-20/h4-6,9-11,13H,7-8,12H2,1-3H3,(H,27,28,29). The number of fused-ring (bicyclic) bond motifs is 1. The van der Waals surface area contributed by atoms with E-state index in [1.807, 2.05) is 6.92 Å². The molecule has 6 nitrogen and oxygen atoms in total. The summed E-state index contributed by atoms with van der Waals surface area (Å²) in [5.74, 6) is 0.615. The van der Waals surface area contributed by atoms with Gasteiger partial charge in [0, 0.05) is 18.9 Å². The number of anilines is 1.